The molecule has 0 spiro atoms. The molecule has 11 heavy (non-hydrogen) atoms. The van der Waals surface area contributed by atoms with Crippen molar-refractivity contribution in [1.29, 1.82) is 0 Å². The zero-order valence-electron chi connectivity index (χ0n) is 6.75. The van der Waals surface area contributed by atoms with Gasteiger partial charge in [0.1, 0.15) is 0 Å². The van der Waals surface area contributed by atoms with Crippen LogP contribution in [0.3, 0.4) is 0 Å². The molecule has 0 unspecified atom stereocenters. The van der Waals surface area contributed by atoms with Gasteiger partial charge in [-0.1, -0.05) is 18.6 Å². The smallest absolute Gasteiger partial charge is 0.172 e. The molecule has 0 radical (unpaired) electrons. The third-order valence-electron chi connectivity index (χ3n) is 1.80. The van der Waals surface area contributed by atoms with E-state index in [1.54, 1.807) is 0 Å². The minimum absolute atomic E-state index is 0. The zero-order chi connectivity index (χ0) is 6.81. The number of fused-ring (bicyclic) bond motifs is 1. The first-order valence-corrected chi connectivity index (χ1v) is 3.54. The Kier molecular flexibility index (Phi) is 2.88. The fourth-order valence-electron chi connectivity index (χ4n) is 1.25. The summed E-state index contributed by atoms with van der Waals surface area (Å²) in [5, 5.41) is 0. The molecule has 50 valence electrons. The van der Waals surface area contributed by atoms with E-state index in [-0.39, 0.29) is 18.9 Å². The van der Waals surface area contributed by atoms with E-state index in [1.165, 1.54) is 11.1 Å². The van der Waals surface area contributed by atoms with E-state index < -0.39 is 0 Å². The molecule has 0 aliphatic heterocycles. The van der Waals surface area contributed by atoms with Crippen LogP contribution in [0.15, 0.2) is 36.4 Å². The van der Waals surface area contributed by atoms with Crippen LogP contribution in [-0.2, 0) is 6.42 Å². The molecule has 0 atom stereocenters. The molecule has 0 nitrogen and oxygen atoms in total. The van der Waals surface area contributed by atoms with Gasteiger partial charge in [0.25, 0.3) is 0 Å². The minimum atomic E-state index is 0. The molecule has 1 heteroatoms. The predicted octanol–water partition coefficient (Wildman–Crippen LogP) is -0.465. The van der Waals surface area contributed by atoms with Crippen LogP contribution in [0, 0.1) is 0 Å². The third-order valence-corrected chi connectivity index (χ3v) is 1.80. The van der Waals surface area contributed by atoms with Crippen molar-refractivity contribution in [3.05, 3.63) is 47.6 Å². The van der Waals surface area contributed by atoms with Crippen LogP contribution in [-0.4, -0.2) is 0 Å². The van der Waals surface area contributed by atoms with Crippen molar-refractivity contribution in [2.24, 2.45) is 0 Å². The molecule has 1 aromatic carbocycles. The van der Waals surface area contributed by atoms with Crippen molar-refractivity contribution in [2.75, 3.05) is 0 Å². The van der Waals surface area contributed by atoms with Crippen molar-refractivity contribution >= 4 is 6.08 Å². The van der Waals surface area contributed by atoms with E-state index in [9.17, 15) is 0 Å². The Morgan fingerprint density at radius 2 is 2.18 bits per heavy atom. The van der Waals surface area contributed by atoms with Crippen molar-refractivity contribution in [1.82, 2.24) is 0 Å². The Hall–Kier alpha value is -0.573. The van der Waals surface area contributed by atoms with E-state index in [2.05, 4.69) is 42.5 Å². The molecule has 0 heterocycles. The van der Waals surface area contributed by atoms with Crippen LogP contribution in [0.2, 0.25) is 0 Å². The number of hydrogen-bond donors (Lipinski definition) is 0. The van der Waals surface area contributed by atoms with Gasteiger partial charge in [0.05, 0.1) is 0 Å². The molecule has 0 fully saturated rings. The van der Waals surface area contributed by atoms with E-state index in [4.69, 9.17) is 0 Å². The summed E-state index contributed by atoms with van der Waals surface area (Å²) in [5.41, 5.74) is 2.80. The van der Waals surface area contributed by atoms with Gasteiger partial charge in [0.2, 0.25) is 0 Å². The van der Waals surface area contributed by atoms with Gasteiger partial charge in [0, 0.05) is 0 Å². The molecule has 2 rings (SSSR count). The van der Waals surface area contributed by atoms with Crippen molar-refractivity contribution in [3.8, 4) is 0 Å². The summed E-state index contributed by atoms with van der Waals surface area (Å²) in [4.78, 5) is 0. The van der Waals surface area contributed by atoms with Crippen LogP contribution in [0.5, 0.6) is 0 Å². The summed E-state index contributed by atoms with van der Waals surface area (Å²) in [6, 6.07) is 6.43. The summed E-state index contributed by atoms with van der Waals surface area (Å²) >= 11 is 0. The van der Waals surface area contributed by atoms with E-state index in [1.807, 2.05) is 0 Å². The maximum Gasteiger partial charge on any atom is 1.00 e. The van der Waals surface area contributed by atoms with Gasteiger partial charge in [-0.15, -0.1) is 18.2 Å². The van der Waals surface area contributed by atoms with Gasteiger partial charge in [-0.2, -0.15) is 23.3 Å². The molecular weight excluding hydrogens is 127 g/mol. The second-order valence-corrected chi connectivity index (χ2v) is 2.50. The molecule has 0 bridgehead atoms. The Morgan fingerprint density at radius 1 is 1.27 bits per heavy atom. The average molecular weight is 136 g/mol. The number of allylic oxidation sites excluding steroid dienone is 3. The van der Waals surface area contributed by atoms with Crippen molar-refractivity contribution in [2.45, 2.75) is 6.42 Å². The van der Waals surface area contributed by atoms with Crippen LogP contribution >= 0.6 is 0 Å². The molecule has 0 saturated heterocycles. The van der Waals surface area contributed by atoms with E-state index >= 15 is 0 Å². The normalized spacial score (nSPS) is 13.5. The van der Waals surface area contributed by atoms with Gasteiger partial charge >= 0.3 is 18.9 Å². The van der Waals surface area contributed by atoms with Crippen LogP contribution in [0.4, 0.5) is 0 Å². The Balaban J connectivity index is 0.000000605. The molecule has 1 aromatic rings. The summed E-state index contributed by atoms with van der Waals surface area (Å²) in [5.74, 6) is 0. The summed E-state index contributed by atoms with van der Waals surface area (Å²) in [6.07, 6.45) is 9.60. The molecule has 0 N–H and O–H groups in total. The molecule has 0 saturated carbocycles. The SMILES string of the molecule is C1=CCc2cc[cH-]c2C=C1.[Li+]. The zero-order valence-corrected chi connectivity index (χ0v) is 6.75. The van der Waals surface area contributed by atoms with Crippen LogP contribution in [0.1, 0.15) is 11.1 Å². The Bertz CT molecular complexity index is 279. The number of rotatable bonds is 0. The Morgan fingerprint density at radius 3 is 3.09 bits per heavy atom. The second-order valence-electron chi connectivity index (χ2n) is 2.50. The fourth-order valence-corrected chi connectivity index (χ4v) is 1.25. The summed E-state index contributed by atoms with van der Waals surface area (Å²) in [6.45, 7) is 0. The molecule has 0 aromatic heterocycles. The predicted molar refractivity (Wildman–Crippen MR) is 43.9 cm³/mol. The van der Waals surface area contributed by atoms with Gasteiger partial charge in [0.15, 0.2) is 0 Å². The topological polar surface area (TPSA) is 0 Å². The van der Waals surface area contributed by atoms with Gasteiger partial charge in [-0.3, -0.25) is 0 Å². The number of hydrogen-bond acceptors (Lipinski definition) is 0. The van der Waals surface area contributed by atoms with Crippen LogP contribution in [0.25, 0.3) is 6.08 Å². The van der Waals surface area contributed by atoms with Gasteiger partial charge in [-0.05, 0) is 0 Å². The monoisotopic (exact) mass is 136 g/mol. The van der Waals surface area contributed by atoms with Crippen LogP contribution < -0.4 is 18.9 Å². The fraction of sp³-hybridized carbons (Fsp3) is 0.100. The molecule has 1 aliphatic carbocycles. The largest absolute Gasteiger partial charge is 1.00 e. The maximum atomic E-state index is 2.18. The quantitative estimate of drug-likeness (QED) is 0.334. The first-order chi connectivity index (χ1) is 4.97. The molecule has 0 amide bonds. The first kappa shape index (κ1) is 8.52. The van der Waals surface area contributed by atoms with Crippen molar-refractivity contribution < 1.29 is 18.9 Å². The second kappa shape index (κ2) is 3.71. The van der Waals surface area contributed by atoms with E-state index in [0.717, 1.165) is 6.42 Å². The van der Waals surface area contributed by atoms with Gasteiger partial charge < -0.3 is 0 Å². The summed E-state index contributed by atoms with van der Waals surface area (Å²) in [7, 11) is 0. The minimum Gasteiger partial charge on any atom is -0.172 e. The van der Waals surface area contributed by atoms with E-state index in [0.29, 0.717) is 0 Å². The first-order valence-electron chi connectivity index (χ1n) is 3.54. The average Bonchev–Trinajstić information content (AvgIpc) is 2.28. The third kappa shape index (κ3) is 1.71. The standard InChI is InChI=1S/C10H9.Li/c1-2-5-9-7-4-8-10(9)6-3-1;/h1-5,7-8H,6H2;/q-1;+1. The molecular formula is C10H9Li. The maximum absolute atomic E-state index is 2.18. The van der Waals surface area contributed by atoms with Gasteiger partial charge in [-0.25, -0.2) is 0 Å². The molecule has 1 aliphatic rings. The Labute approximate surface area is 79.2 Å². The summed E-state index contributed by atoms with van der Waals surface area (Å²) < 4.78 is 0. The van der Waals surface area contributed by atoms with Crippen molar-refractivity contribution in [3.63, 3.8) is 0 Å².